The van der Waals surface area contributed by atoms with E-state index in [0.29, 0.717) is 12.0 Å². The van der Waals surface area contributed by atoms with Crippen molar-refractivity contribution in [3.8, 4) is 5.75 Å². The summed E-state index contributed by atoms with van der Waals surface area (Å²) < 4.78 is 0. The van der Waals surface area contributed by atoms with Crippen LogP contribution in [0.15, 0.2) is 18.2 Å². The zero-order valence-electron chi connectivity index (χ0n) is 8.18. The van der Waals surface area contributed by atoms with Gasteiger partial charge >= 0.3 is 5.97 Å². The van der Waals surface area contributed by atoms with Crippen LogP contribution in [0.25, 0.3) is 0 Å². The van der Waals surface area contributed by atoms with E-state index in [-0.39, 0.29) is 17.2 Å². The number of phenols is 1. The van der Waals surface area contributed by atoms with Crippen LogP contribution in [0.3, 0.4) is 0 Å². The largest absolute Gasteiger partial charge is 0.506 e. The predicted molar refractivity (Wildman–Crippen MR) is 57.4 cm³/mol. The molecule has 0 aliphatic rings. The van der Waals surface area contributed by atoms with E-state index in [1.165, 1.54) is 12.1 Å². The van der Waals surface area contributed by atoms with E-state index in [4.69, 9.17) is 16.7 Å². The Hall–Kier alpha value is -1.75. The summed E-state index contributed by atoms with van der Waals surface area (Å²) in [7, 11) is 0. The summed E-state index contributed by atoms with van der Waals surface area (Å²) in [5.74, 6) is -1.20. The molecule has 1 aromatic rings. The lowest BCUT2D eigenvalue weighted by molar-refractivity contribution is -0.140. The first-order chi connectivity index (χ1) is 7.54. The quantitative estimate of drug-likeness (QED) is 0.668. The van der Waals surface area contributed by atoms with Gasteiger partial charge in [0.1, 0.15) is 11.8 Å². The van der Waals surface area contributed by atoms with Crippen LogP contribution >= 0.6 is 11.6 Å². The number of carbonyl (C=O) groups excluding carboxylic acids is 1. The monoisotopic (exact) mass is 243 g/mol. The molecule has 0 aliphatic heterocycles. The molecule has 0 bridgehead atoms. The van der Waals surface area contributed by atoms with Crippen molar-refractivity contribution < 1.29 is 19.8 Å². The third-order valence-corrected chi connectivity index (χ3v) is 2.32. The van der Waals surface area contributed by atoms with Gasteiger partial charge in [-0.25, -0.2) is 4.79 Å². The summed E-state index contributed by atoms with van der Waals surface area (Å²) in [6.07, 6.45) is 0.439. The first-order valence-electron chi connectivity index (χ1n) is 4.44. The molecule has 3 N–H and O–H groups in total. The summed E-state index contributed by atoms with van der Waals surface area (Å²) in [6.45, 7) is 0. The first-order valence-corrected chi connectivity index (χ1v) is 4.82. The highest BCUT2D eigenvalue weighted by molar-refractivity contribution is 6.32. The Kier molecular flexibility index (Phi) is 4.13. The van der Waals surface area contributed by atoms with Gasteiger partial charge in [-0.3, -0.25) is 4.79 Å². The number of aromatic hydroxyl groups is 1. The summed E-state index contributed by atoms with van der Waals surface area (Å²) in [5, 5.41) is 20.3. The van der Waals surface area contributed by atoms with Crippen molar-refractivity contribution in [3.63, 3.8) is 0 Å². The minimum atomic E-state index is -1.13. The lowest BCUT2D eigenvalue weighted by Gasteiger charge is -2.11. The van der Waals surface area contributed by atoms with Crippen LogP contribution in [0.4, 0.5) is 0 Å². The van der Waals surface area contributed by atoms with Gasteiger partial charge in [0.2, 0.25) is 6.41 Å². The summed E-state index contributed by atoms with van der Waals surface area (Å²) in [4.78, 5) is 20.9. The van der Waals surface area contributed by atoms with Crippen molar-refractivity contribution in [1.29, 1.82) is 0 Å². The highest BCUT2D eigenvalue weighted by atomic mass is 35.5. The number of halogens is 1. The van der Waals surface area contributed by atoms with Gasteiger partial charge in [-0.05, 0) is 17.7 Å². The molecule has 0 spiro atoms. The van der Waals surface area contributed by atoms with Crippen LogP contribution in [0.1, 0.15) is 5.56 Å². The second-order valence-electron chi connectivity index (χ2n) is 3.17. The minimum absolute atomic E-state index is 0.0689. The summed E-state index contributed by atoms with van der Waals surface area (Å²) in [5.41, 5.74) is 0.615. The Morgan fingerprint density at radius 1 is 1.56 bits per heavy atom. The number of benzene rings is 1. The molecule has 0 aromatic heterocycles. The molecular formula is C10H10ClNO4. The number of hydrogen-bond donors (Lipinski definition) is 3. The molecule has 1 aromatic carbocycles. The van der Waals surface area contributed by atoms with Gasteiger partial charge in [-0.15, -0.1) is 0 Å². The van der Waals surface area contributed by atoms with Crippen molar-refractivity contribution >= 4 is 24.0 Å². The van der Waals surface area contributed by atoms with Crippen molar-refractivity contribution in [3.05, 3.63) is 28.8 Å². The first kappa shape index (κ1) is 12.3. The molecule has 1 unspecified atom stereocenters. The van der Waals surface area contributed by atoms with Crippen LogP contribution in [0.5, 0.6) is 5.75 Å². The zero-order chi connectivity index (χ0) is 12.1. The van der Waals surface area contributed by atoms with Crippen LogP contribution in [0, 0.1) is 0 Å². The van der Waals surface area contributed by atoms with Crippen molar-refractivity contribution in [2.75, 3.05) is 0 Å². The molecule has 1 rings (SSSR count). The SMILES string of the molecule is O=CNC(Cc1ccc(O)c(Cl)c1)C(=O)O. The molecule has 1 amide bonds. The molecule has 0 saturated carbocycles. The molecule has 0 heterocycles. The van der Waals surface area contributed by atoms with Gasteiger partial charge in [0.25, 0.3) is 0 Å². The molecule has 16 heavy (non-hydrogen) atoms. The third-order valence-electron chi connectivity index (χ3n) is 2.02. The van der Waals surface area contributed by atoms with E-state index in [1.54, 1.807) is 6.07 Å². The zero-order valence-corrected chi connectivity index (χ0v) is 8.94. The van der Waals surface area contributed by atoms with E-state index >= 15 is 0 Å². The number of rotatable bonds is 5. The standard InChI is InChI=1S/C10H10ClNO4/c11-7-3-6(1-2-9(7)14)4-8(10(15)16)12-5-13/h1-3,5,8,14H,4H2,(H,12,13)(H,15,16). The van der Waals surface area contributed by atoms with Gasteiger partial charge in [0, 0.05) is 6.42 Å². The van der Waals surface area contributed by atoms with Crippen molar-refractivity contribution in [1.82, 2.24) is 5.32 Å². The average molecular weight is 244 g/mol. The summed E-state index contributed by atoms with van der Waals surface area (Å²) >= 11 is 5.67. The lowest BCUT2D eigenvalue weighted by atomic mass is 10.1. The van der Waals surface area contributed by atoms with Crippen LogP contribution in [-0.4, -0.2) is 28.6 Å². The number of aliphatic carboxylic acids is 1. The van der Waals surface area contributed by atoms with Crippen LogP contribution in [-0.2, 0) is 16.0 Å². The van der Waals surface area contributed by atoms with Gasteiger partial charge in [0.15, 0.2) is 0 Å². The molecule has 0 saturated heterocycles. The smallest absolute Gasteiger partial charge is 0.326 e. The number of carboxylic acids is 1. The van der Waals surface area contributed by atoms with Crippen molar-refractivity contribution in [2.45, 2.75) is 12.5 Å². The Bertz CT molecular complexity index is 408. The normalized spacial score (nSPS) is 11.8. The number of phenolic OH excluding ortho intramolecular Hbond substituents is 1. The third kappa shape index (κ3) is 3.13. The molecular weight excluding hydrogens is 234 g/mol. The van der Waals surface area contributed by atoms with E-state index in [1.807, 2.05) is 0 Å². The minimum Gasteiger partial charge on any atom is -0.506 e. The maximum absolute atomic E-state index is 10.7. The van der Waals surface area contributed by atoms with E-state index in [0.717, 1.165) is 0 Å². The van der Waals surface area contributed by atoms with Crippen molar-refractivity contribution in [2.24, 2.45) is 0 Å². The fourth-order valence-corrected chi connectivity index (χ4v) is 1.42. The molecule has 86 valence electrons. The number of carbonyl (C=O) groups is 2. The Morgan fingerprint density at radius 3 is 2.75 bits per heavy atom. The molecule has 6 heteroatoms. The fraction of sp³-hybridized carbons (Fsp3) is 0.200. The Morgan fingerprint density at radius 2 is 2.25 bits per heavy atom. The van der Waals surface area contributed by atoms with E-state index in [2.05, 4.69) is 5.32 Å². The Labute approximate surface area is 96.7 Å². The molecule has 5 nitrogen and oxygen atoms in total. The second-order valence-corrected chi connectivity index (χ2v) is 3.57. The number of carboxylic acid groups (broad SMARTS) is 1. The second kappa shape index (κ2) is 5.37. The van der Waals surface area contributed by atoms with E-state index < -0.39 is 12.0 Å². The molecule has 0 fully saturated rings. The number of hydrogen-bond acceptors (Lipinski definition) is 3. The van der Waals surface area contributed by atoms with Crippen LogP contribution in [0.2, 0.25) is 5.02 Å². The molecule has 0 radical (unpaired) electrons. The van der Waals surface area contributed by atoms with Gasteiger partial charge in [0.05, 0.1) is 5.02 Å². The maximum atomic E-state index is 10.7. The van der Waals surface area contributed by atoms with Gasteiger partial charge in [-0.2, -0.15) is 0 Å². The van der Waals surface area contributed by atoms with Gasteiger partial charge < -0.3 is 15.5 Å². The highest BCUT2D eigenvalue weighted by Crippen LogP contribution is 2.24. The average Bonchev–Trinajstić information content (AvgIpc) is 2.22. The predicted octanol–water partition coefficient (Wildman–Crippen LogP) is 0.787. The summed E-state index contributed by atoms with van der Waals surface area (Å²) in [6, 6.07) is 3.37. The molecule has 0 aliphatic carbocycles. The number of amides is 1. The maximum Gasteiger partial charge on any atom is 0.326 e. The Balaban J connectivity index is 2.81. The molecule has 1 atom stereocenters. The lowest BCUT2D eigenvalue weighted by Crippen LogP contribution is -2.37. The fourth-order valence-electron chi connectivity index (χ4n) is 1.21. The number of nitrogens with one attached hydrogen (secondary N) is 1. The van der Waals surface area contributed by atoms with Gasteiger partial charge in [-0.1, -0.05) is 17.7 Å². The van der Waals surface area contributed by atoms with Crippen LogP contribution < -0.4 is 5.32 Å². The highest BCUT2D eigenvalue weighted by Gasteiger charge is 2.17. The topological polar surface area (TPSA) is 86.6 Å². The van der Waals surface area contributed by atoms with E-state index in [9.17, 15) is 14.7 Å².